The molecule has 4 bridgehead atoms. The maximum Gasteiger partial charge on any atom is 0.309 e. The van der Waals surface area contributed by atoms with Gasteiger partial charge >= 0.3 is 11.9 Å². The quantitative estimate of drug-likeness (QED) is 0.163. The molecule has 343 valence electrons. The zero-order chi connectivity index (χ0) is 45.6. The summed E-state index contributed by atoms with van der Waals surface area (Å²) in [6.45, 7) is 17.1. The second kappa shape index (κ2) is 14.5. The number of carboxylic acids is 2. The molecule has 16 atom stereocenters. The van der Waals surface area contributed by atoms with Gasteiger partial charge in [-0.25, -0.2) is 9.80 Å². The Morgan fingerprint density at radius 1 is 0.569 bits per heavy atom. The number of amides is 4. The van der Waals surface area contributed by atoms with Crippen molar-refractivity contribution in [2.45, 2.75) is 132 Å². The maximum atomic E-state index is 15.6. The van der Waals surface area contributed by atoms with E-state index < -0.39 is 57.3 Å². The van der Waals surface area contributed by atoms with Gasteiger partial charge < -0.3 is 10.2 Å². The molecule has 8 fully saturated rings. The molecule has 65 heavy (non-hydrogen) atoms. The Hall–Kier alpha value is -3.08. The fraction of sp³-hybridized carbons (Fsp3) is 0.704. The molecule has 2 heterocycles. The number of carboxylic acid groups (broad SMARTS) is 2. The normalized spacial score (nSPS) is 46.7. The van der Waals surface area contributed by atoms with Crippen LogP contribution in [0, 0.1) is 104 Å². The summed E-state index contributed by atoms with van der Waals surface area (Å²) in [5.41, 5.74) is -0.506. The van der Waals surface area contributed by atoms with E-state index in [1.807, 2.05) is 13.8 Å². The van der Waals surface area contributed by atoms with Gasteiger partial charge in [0.25, 0.3) is 0 Å². The van der Waals surface area contributed by atoms with Gasteiger partial charge in [-0.15, -0.1) is 0 Å². The molecule has 1 aromatic carbocycles. The molecular weight excluding hydrogens is 828 g/mol. The SMILES string of the molecule is CC(C)C1=CC23CCC4C(C)(C(=O)O)CCCC4(C)C2CC1C1C(=O)N(c2ccccc2N2C(=O)C4C5CC6C7(C)CCCC(C)(C(=O)O)C7CCC6(C=C5C(C)C)C4C2=O)C(=O)C13.[Na]. The van der Waals surface area contributed by atoms with Gasteiger partial charge in [-0.2, -0.15) is 0 Å². The van der Waals surface area contributed by atoms with Crippen molar-refractivity contribution in [2.24, 2.45) is 104 Å². The van der Waals surface area contributed by atoms with E-state index in [-0.39, 0.29) is 111 Å². The molecule has 12 aliphatic rings. The van der Waals surface area contributed by atoms with Crippen LogP contribution in [0.25, 0.3) is 0 Å². The number of carbonyl (C=O) groups excluding carboxylic acids is 4. The zero-order valence-electron chi connectivity index (χ0n) is 40.1. The third kappa shape index (κ3) is 5.40. The molecule has 2 spiro atoms. The first kappa shape index (κ1) is 45.7. The minimum absolute atomic E-state index is 0. The summed E-state index contributed by atoms with van der Waals surface area (Å²) in [5.74, 6) is -4.86. The van der Waals surface area contributed by atoms with E-state index in [9.17, 15) is 19.8 Å². The van der Waals surface area contributed by atoms with Crippen molar-refractivity contribution >= 4 is 76.5 Å². The predicted octanol–water partition coefficient (Wildman–Crippen LogP) is 9.34. The van der Waals surface area contributed by atoms with Crippen LogP contribution < -0.4 is 9.80 Å². The first-order chi connectivity index (χ1) is 30.1. The summed E-state index contributed by atoms with van der Waals surface area (Å²) in [7, 11) is 0. The van der Waals surface area contributed by atoms with Gasteiger partial charge in [-0.05, 0) is 148 Å². The third-order valence-corrected chi connectivity index (χ3v) is 21.7. The van der Waals surface area contributed by atoms with Gasteiger partial charge in [0.2, 0.25) is 23.6 Å². The minimum atomic E-state index is -0.848. The van der Waals surface area contributed by atoms with Crippen LogP contribution in [0.15, 0.2) is 47.6 Å². The number of allylic oxidation sites excluding steroid dienone is 4. The first-order valence-corrected chi connectivity index (χ1v) is 24.9. The number of benzene rings is 1. The molecule has 11 heteroatoms. The number of hydrogen-bond acceptors (Lipinski definition) is 6. The standard InChI is InChI=1S/C54H68N2O8.Na/c1-27(2)31-25-53-21-15-35-49(5,17-11-19-51(35,7)47(61)62)37(53)23-29(31)39-41(53)45(59)55(43(39)57)33-13-9-10-14-34(33)56-44(58)40-30-24-38-50(6)18-12-20-52(8,48(63)64)36(50)16-22-54(38,42(40)46(56)60)26-32(30)28(3)4;/h9-10,13-14,25-30,35-42H,11-12,15-24H2,1-8H3,(H,61,62)(H,63,64);. The molecule has 0 aromatic heterocycles. The monoisotopic (exact) mass is 895 g/mol. The van der Waals surface area contributed by atoms with Gasteiger partial charge in [0, 0.05) is 40.4 Å². The molecule has 2 aliphatic heterocycles. The second-order valence-electron chi connectivity index (χ2n) is 24.5. The summed E-state index contributed by atoms with van der Waals surface area (Å²) in [5, 5.41) is 21.3. The van der Waals surface area contributed by atoms with Crippen molar-refractivity contribution in [2.75, 3.05) is 9.80 Å². The average molecular weight is 896 g/mol. The van der Waals surface area contributed by atoms with E-state index in [1.54, 1.807) is 24.3 Å². The van der Waals surface area contributed by atoms with Crippen molar-refractivity contribution in [3.8, 4) is 0 Å². The molecule has 2 N–H and O–H groups in total. The number of imide groups is 2. The van der Waals surface area contributed by atoms with Crippen molar-refractivity contribution < 1.29 is 39.0 Å². The molecule has 1 radical (unpaired) electrons. The number of fused-ring (bicyclic) bond motifs is 2. The molecule has 10 nitrogen and oxygen atoms in total. The third-order valence-electron chi connectivity index (χ3n) is 21.7. The molecule has 6 saturated carbocycles. The number of aliphatic carboxylic acids is 2. The van der Waals surface area contributed by atoms with Crippen molar-refractivity contribution in [1.29, 1.82) is 0 Å². The second-order valence-corrected chi connectivity index (χ2v) is 24.5. The number of para-hydroxylation sites is 2. The van der Waals surface area contributed by atoms with Crippen LogP contribution >= 0.6 is 0 Å². The summed E-state index contributed by atoms with van der Waals surface area (Å²) in [4.78, 5) is 90.5. The molecular formula is C54H68N2NaO8. The van der Waals surface area contributed by atoms with Crippen LogP contribution in [0.3, 0.4) is 0 Å². The number of hydrogen-bond donors (Lipinski definition) is 2. The van der Waals surface area contributed by atoms with E-state index in [2.05, 4.69) is 53.7 Å². The van der Waals surface area contributed by atoms with Crippen LogP contribution in [0.2, 0.25) is 0 Å². The van der Waals surface area contributed by atoms with Crippen LogP contribution in [0.1, 0.15) is 132 Å². The van der Waals surface area contributed by atoms with E-state index >= 15 is 19.2 Å². The van der Waals surface area contributed by atoms with Crippen molar-refractivity contribution in [3.05, 3.63) is 47.6 Å². The Morgan fingerprint density at radius 2 is 0.938 bits per heavy atom. The predicted molar refractivity (Wildman–Crippen MR) is 246 cm³/mol. The number of nitrogens with zero attached hydrogens (tertiary/aromatic N) is 2. The number of anilines is 2. The number of rotatable bonds is 6. The topological polar surface area (TPSA) is 149 Å². The molecule has 16 unspecified atom stereocenters. The van der Waals surface area contributed by atoms with Gasteiger partial charge in [0.05, 0.1) is 45.9 Å². The maximum absolute atomic E-state index is 15.6. The van der Waals surface area contributed by atoms with Crippen molar-refractivity contribution in [1.82, 2.24) is 0 Å². The van der Waals surface area contributed by atoms with E-state index in [0.717, 1.165) is 38.5 Å². The smallest absolute Gasteiger partial charge is 0.309 e. The van der Waals surface area contributed by atoms with Gasteiger partial charge in [0.15, 0.2) is 0 Å². The Labute approximate surface area is 406 Å². The van der Waals surface area contributed by atoms with Crippen LogP contribution in [-0.2, 0) is 28.8 Å². The Morgan fingerprint density at radius 3 is 1.28 bits per heavy atom. The minimum Gasteiger partial charge on any atom is -0.481 e. The van der Waals surface area contributed by atoms with E-state index in [4.69, 9.17) is 0 Å². The van der Waals surface area contributed by atoms with Gasteiger partial charge in [-0.1, -0.05) is 89.8 Å². The van der Waals surface area contributed by atoms with Crippen LogP contribution in [0.4, 0.5) is 11.4 Å². The molecule has 2 saturated heterocycles. The van der Waals surface area contributed by atoms with E-state index in [1.165, 1.54) is 20.9 Å². The first-order valence-electron chi connectivity index (χ1n) is 24.9. The molecule has 1 aromatic rings. The average Bonchev–Trinajstić information content (AvgIpc) is 3.69. The Bertz CT molecular complexity index is 2240. The largest absolute Gasteiger partial charge is 0.481 e. The molecule has 4 amide bonds. The summed E-state index contributed by atoms with van der Waals surface area (Å²) in [6.07, 6.45) is 13.6. The summed E-state index contributed by atoms with van der Waals surface area (Å²) >= 11 is 0. The van der Waals surface area contributed by atoms with Crippen LogP contribution in [-0.4, -0.2) is 75.3 Å². The van der Waals surface area contributed by atoms with Gasteiger partial charge in [-0.3, -0.25) is 28.8 Å². The Kier molecular flexibility index (Phi) is 10.2. The number of carbonyl (C=O) groups is 6. The van der Waals surface area contributed by atoms with E-state index in [0.29, 0.717) is 49.9 Å². The Balaban J connectivity index is 0.00000498. The molecule has 13 rings (SSSR count). The zero-order valence-corrected chi connectivity index (χ0v) is 42.1. The van der Waals surface area contributed by atoms with Crippen molar-refractivity contribution in [3.63, 3.8) is 0 Å². The van der Waals surface area contributed by atoms with Crippen LogP contribution in [0.5, 0.6) is 0 Å². The van der Waals surface area contributed by atoms with Gasteiger partial charge in [0.1, 0.15) is 0 Å². The fourth-order valence-corrected chi connectivity index (χ4v) is 19.2. The summed E-state index contributed by atoms with van der Waals surface area (Å²) < 4.78 is 0. The fourth-order valence-electron chi connectivity index (χ4n) is 19.2. The summed E-state index contributed by atoms with van der Waals surface area (Å²) in [6, 6.07) is 7.06. The molecule has 10 aliphatic carbocycles.